The molecule has 0 atom stereocenters. The van der Waals surface area contributed by atoms with Gasteiger partial charge in [0, 0.05) is 17.7 Å². The van der Waals surface area contributed by atoms with Crippen LogP contribution in [-0.4, -0.2) is 31.8 Å². The van der Waals surface area contributed by atoms with Crippen LogP contribution in [0.5, 0.6) is 11.5 Å². The number of hydrogen-bond acceptors (Lipinski definition) is 6. The van der Waals surface area contributed by atoms with Crippen molar-refractivity contribution < 1.29 is 17.9 Å². The van der Waals surface area contributed by atoms with Crippen LogP contribution in [0.25, 0.3) is 11.3 Å². The van der Waals surface area contributed by atoms with Crippen LogP contribution in [0.2, 0.25) is 0 Å². The predicted molar refractivity (Wildman–Crippen MR) is 120 cm³/mol. The molecule has 4 rings (SSSR count). The second-order valence-corrected chi connectivity index (χ2v) is 9.58. The molecule has 0 bridgehead atoms. The monoisotopic (exact) mass is 441 g/mol. The van der Waals surface area contributed by atoms with Crippen molar-refractivity contribution in [3.05, 3.63) is 54.1 Å². The molecular formula is C23H27N3O4S. The van der Waals surface area contributed by atoms with Gasteiger partial charge >= 0.3 is 0 Å². The third kappa shape index (κ3) is 4.25. The number of methoxy groups -OCH3 is 2. The number of hydrogen-bond donors (Lipinski definition) is 1. The summed E-state index contributed by atoms with van der Waals surface area (Å²) >= 11 is 0. The fraction of sp³-hybridized carbons (Fsp3) is 0.348. The molecule has 0 amide bonds. The number of aromatic nitrogens is 2. The summed E-state index contributed by atoms with van der Waals surface area (Å²) in [6.07, 6.45) is 6.05. The maximum Gasteiger partial charge on any atom is 0.284 e. The van der Waals surface area contributed by atoms with Crippen LogP contribution in [0, 0.1) is 0 Å². The zero-order valence-electron chi connectivity index (χ0n) is 17.7. The van der Waals surface area contributed by atoms with Crippen molar-refractivity contribution in [3.8, 4) is 22.8 Å². The highest BCUT2D eigenvalue weighted by atomic mass is 32.2. The van der Waals surface area contributed by atoms with Crippen molar-refractivity contribution in [2.24, 2.45) is 0 Å². The number of rotatable bonds is 6. The van der Waals surface area contributed by atoms with Crippen molar-refractivity contribution in [2.75, 3.05) is 20.0 Å². The predicted octanol–water partition coefficient (Wildman–Crippen LogP) is 4.43. The SMILES string of the molecule is COc1cc(OC)cc(-c2cc(N)n(S(=O)(=O)c3ccc(C4CCCCC4)cc3)n2)c1. The summed E-state index contributed by atoms with van der Waals surface area (Å²) in [7, 11) is -0.820. The van der Waals surface area contributed by atoms with Gasteiger partial charge in [0.2, 0.25) is 0 Å². The first-order valence-electron chi connectivity index (χ1n) is 10.4. The minimum Gasteiger partial charge on any atom is -0.497 e. The first-order valence-corrected chi connectivity index (χ1v) is 11.8. The highest BCUT2D eigenvalue weighted by Gasteiger charge is 2.23. The lowest BCUT2D eigenvalue weighted by Crippen LogP contribution is -2.17. The molecule has 0 radical (unpaired) electrons. The van der Waals surface area contributed by atoms with Crippen molar-refractivity contribution in [1.82, 2.24) is 9.19 Å². The maximum atomic E-state index is 13.2. The molecule has 2 N–H and O–H groups in total. The molecule has 0 unspecified atom stereocenters. The first kappa shape index (κ1) is 21.2. The molecule has 0 saturated heterocycles. The van der Waals surface area contributed by atoms with E-state index in [4.69, 9.17) is 15.2 Å². The Kier molecular flexibility index (Phi) is 5.91. The van der Waals surface area contributed by atoms with Crippen LogP contribution in [0.1, 0.15) is 43.6 Å². The lowest BCUT2D eigenvalue weighted by Gasteiger charge is -2.22. The molecule has 0 aliphatic heterocycles. The Morgan fingerprint density at radius 3 is 2.13 bits per heavy atom. The number of nitrogen functional groups attached to an aromatic ring is 1. The summed E-state index contributed by atoms with van der Waals surface area (Å²) in [5.41, 5.74) is 8.30. The third-order valence-corrected chi connectivity index (χ3v) is 7.45. The number of anilines is 1. The smallest absolute Gasteiger partial charge is 0.284 e. The Balaban J connectivity index is 1.66. The summed E-state index contributed by atoms with van der Waals surface area (Å²) in [5, 5.41) is 4.28. The zero-order valence-corrected chi connectivity index (χ0v) is 18.6. The van der Waals surface area contributed by atoms with Crippen LogP contribution < -0.4 is 15.2 Å². The molecule has 7 nitrogen and oxygen atoms in total. The van der Waals surface area contributed by atoms with Crippen molar-refractivity contribution in [1.29, 1.82) is 0 Å². The maximum absolute atomic E-state index is 13.2. The number of ether oxygens (including phenoxy) is 2. The zero-order chi connectivity index (χ0) is 22.0. The number of nitrogens with two attached hydrogens (primary N) is 1. The van der Waals surface area contributed by atoms with E-state index in [-0.39, 0.29) is 10.7 Å². The second-order valence-electron chi connectivity index (χ2n) is 7.81. The molecule has 0 spiro atoms. The molecule has 1 aliphatic carbocycles. The van der Waals surface area contributed by atoms with E-state index in [0.717, 1.165) is 16.9 Å². The molecule has 1 fully saturated rings. The van der Waals surface area contributed by atoms with E-state index in [1.165, 1.54) is 30.9 Å². The van der Waals surface area contributed by atoms with Gasteiger partial charge in [-0.2, -0.15) is 13.5 Å². The average molecular weight is 442 g/mol. The van der Waals surface area contributed by atoms with E-state index >= 15 is 0 Å². The Morgan fingerprint density at radius 1 is 0.935 bits per heavy atom. The molecule has 1 heterocycles. The third-order valence-electron chi connectivity index (χ3n) is 5.83. The van der Waals surface area contributed by atoms with Gasteiger partial charge in [0.15, 0.2) is 0 Å². The highest BCUT2D eigenvalue weighted by Crippen LogP contribution is 2.34. The molecule has 2 aromatic carbocycles. The van der Waals surface area contributed by atoms with Gasteiger partial charge in [-0.1, -0.05) is 31.4 Å². The summed E-state index contributed by atoms with van der Waals surface area (Å²) in [5.74, 6) is 1.69. The summed E-state index contributed by atoms with van der Waals surface area (Å²) < 4.78 is 37.9. The summed E-state index contributed by atoms with van der Waals surface area (Å²) in [6.45, 7) is 0. The Bertz CT molecular complexity index is 1140. The first-order chi connectivity index (χ1) is 14.9. The van der Waals surface area contributed by atoms with Gasteiger partial charge in [-0.15, -0.1) is 4.09 Å². The van der Waals surface area contributed by atoms with Gasteiger partial charge in [-0.3, -0.25) is 0 Å². The highest BCUT2D eigenvalue weighted by molar-refractivity contribution is 7.90. The summed E-state index contributed by atoms with van der Waals surface area (Å²) in [4.78, 5) is 0.164. The van der Waals surface area contributed by atoms with Gasteiger partial charge in [-0.05, 0) is 48.6 Å². The van der Waals surface area contributed by atoms with E-state index in [0.29, 0.717) is 28.7 Å². The molecular weight excluding hydrogens is 414 g/mol. The number of nitrogens with zero attached hydrogens (tertiary/aromatic N) is 2. The van der Waals surface area contributed by atoms with Gasteiger partial charge in [0.1, 0.15) is 17.3 Å². The Morgan fingerprint density at radius 2 is 1.55 bits per heavy atom. The van der Waals surface area contributed by atoms with Crippen LogP contribution in [0.4, 0.5) is 5.82 Å². The standard InChI is InChI=1S/C23H27N3O4S/c1-29-19-12-18(13-20(14-19)30-2)22-15-23(24)26(25-22)31(27,28)21-10-8-17(9-11-21)16-6-4-3-5-7-16/h8-16H,3-7,24H2,1-2H3. The lowest BCUT2D eigenvalue weighted by molar-refractivity contribution is 0.394. The fourth-order valence-corrected chi connectivity index (χ4v) is 5.32. The topological polar surface area (TPSA) is 96.4 Å². The van der Waals surface area contributed by atoms with Crippen LogP contribution in [-0.2, 0) is 10.0 Å². The minimum atomic E-state index is -3.92. The quantitative estimate of drug-likeness (QED) is 0.608. The van der Waals surface area contributed by atoms with Crippen molar-refractivity contribution in [2.45, 2.75) is 42.9 Å². The van der Waals surface area contributed by atoms with E-state index in [2.05, 4.69) is 5.10 Å². The van der Waals surface area contributed by atoms with Gasteiger partial charge in [-0.25, -0.2) is 0 Å². The van der Waals surface area contributed by atoms with Crippen LogP contribution >= 0.6 is 0 Å². The van der Waals surface area contributed by atoms with Crippen molar-refractivity contribution in [3.63, 3.8) is 0 Å². The second kappa shape index (κ2) is 8.63. The minimum absolute atomic E-state index is 0.0353. The molecule has 8 heteroatoms. The number of benzene rings is 2. The summed E-state index contributed by atoms with van der Waals surface area (Å²) in [6, 6.07) is 13.9. The van der Waals surface area contributed by atoms with Gasteiger partial charge in [0.05, 0.1) is 24.8 Å². The Labute approximate surface area is 182 Å². The molecule has 164 valence electrons. The molecule has 1 aromatic heterocycles. The van der Waals surface area contributed by atoms with Gasteiger partial charge < -0.3 is 15.2 Å². The van der Waals surface area contributed by atoms with E-state index < -0.39 is 10.0 Å². The van der Waals surface area contributed by atoms with E-state index in [1.807, 2.05) is 12.1 Å². The van der Waals surface area contributed by atoms with E-state index in [9.17, 15) is 8.42 Å². The van der Waals surface area contributed by atoms with Crippen LogP contribution in [0.3, 0.4) is 0 Å². The van der Waals surface area contributed by atoms with Gasteiger partial charge in [0.25, 0.3) is 10.0 Å². The molecule has 1 aliphatic rings. The largest absolute Gasteiger partial charge is 0.497 e. The average Bonchev–Trinajstić information content (AvgIpc) is 3.22. The lowest BCUT2D eigenvalue weighted by atomic mass is 9.84. The van der Waals surface area contributed by atoms with Crippen LogP contribution in [0.15, 0.2) is 53.4 Å². The normalized spacial score (nSPS) is 15.0. The Hall–Kier alpha value is -3.00. The van der Waals surface area contributed by atoms with Crippen molar-refractivity contribution >= 4 is 15.8 Å². The van der Waals surface area contributed by atoms with E-state index in [1.54, 1.807) is 44.6 Å². The molecule has 1 saturated carbocycles. The fourth-order valence-electron chi connectivity index (χ4n) is 4.12. The molecule has 31 heavy (non-hydrogen) atoms. The molecule has 3 aromatic rings.